The molecule has 2 N–H and O–H groups in total. The highest BCUT2D eigenvalue weighted by molar-refractivity contribution is 7.91. The molecule has 4 amide bonds. The van der Waals surface area contributed by atoms with Gasteiger partial charge in [0, 0.05) is 23.3 Å². The summed E-state index contributed by atoms with van der Waals surface area (Å²) in [5.74, 6) is -2.67. The molecule has 0 bridgehead atoms. The molecular weight excluding hydrogens is 396 g/mol. The summed E-state index contributed by atoms with van der Waals surface area (Å²) in [7, 11) is -4.22. The van der Waals surface area contributed by atoms with Gasteiger partial charge < -0.3 is 0 Å². The topological polar surface area (TPSA) is 126 Å². The van der Waals surface area contributed by atoms with E-state index in [4.69, 9.17) is 0 Å². The summed E-state index contributed by atoms with van der Waals surface area (Å²) >= 11 is 0. The Morgan fingerprint density at radius 2 is 0.966 bits per heavy atom. The van der Waals surface area contributed by atoms with Crippen LogP contribution >= 0.6 is 0 Å². The van der Waals surface area contributed by atoms with Crippen molar-refractivity contribution in [3.05, 3.63) is 71.8 Å². The van der Waals surface area contributed by atoms with Gasteiger partial charge in [0.15, 0.2) is 0 Å². The Hall–Kier alpha value is -3.85. The van der Waals surface area contributed by atoms with E-state index in [-0.39, 0.29) is 32.1 Å². The third kappa shape index (κ3) is 3.07. The van der Waals surface area contributed by atoms with Crippen molar-refractivity contribution < 1.29 is 27.6 Å². The minimum atomic E-state index is -4.22. The van der Waals surface area contributed by atoms with Gasteiger partial charge in [-0.3, -0.25) is 29.8 Å². The van der Waals surface area contributed by atoms with Crippen molar-refractivity contribution in [2.45, 2.75) is 9.79 Å². The van der Waals surface area contributed by atoms with Gasteiger partial charge in [-0.05, 0) is 12.1 Å². The number of carbonyl (C=O) groups is 4. The summed E-state index contributed by atoms with van der Waals surface area (Å²) in [4.78, 5) is 46.8. The number of benzene rings is 2. The van der Waals surface area contributed by atoms with E-state index < -0.39 is 33.5 Å². The molecule has 2 heterocycles. The summed E-state index contributed by atoms with van der Waals surface area (Å²) in [6.45, 7) is 0. The Labute approximate surface area is 164 Å². The molecule has 2 aliphatic rings. The summed E-state index contributed by atoms with van der Waals surface area (Å²) in [5.41, 5.74) is -0.0162. The van der Waals surface area contributed by atoms with Gasteiger partial charge in [-0.2, -0.15) is 0 Å². The summed E-state index contributed by atoms with van der Waals surface area (Å²) < 4.78 is 27.0. The van der Waals surface area contributed by atoms with E-state index in [9.17, 15) is 27.6 Å². The molecule has 0 fully saturated rings. The van der Waals surface area contributed by atoms with Crippen LogP contribution in [0.2, 0.25) is 0 Å². The Morgan fingerprint density at radius 1 is 0.586 bits per heavy atom. The van der Waals surface area contributed by atoms with E-state index in [1.165, 1.54) is 36.4 Å². The van der Waals surface area contributed by atoms with E-state index in [2.05, 4.69) is 10.6 Å². The zero-order valence-electron chi connectivity index (χ0n) is 14.6. The highest BCUT2D eigenvalue weighted by Gasteiger charge is 2.32. The number of rotatable bonds is 4. The lowest BCUT2D eigenvalue weighted by molar-refractivity contribution is -0.124. The van der Waals surface area contributed by atoms with Crippen molar-refractivity contribution in [1.82, 2.24) is 10.6 Å². The van der Waals surface area contributed by atoms with Crippen LogP contribution in [0.5, 0.6) is 0 Å². The molecule has 0 atom stereocenters. The molecule has 2 aromatic rings. The number of imide groups is 2. The molecule has 0 unspecified atom stereocenters. The second-order valence-corrected chi connectivity index (χ2v) is 8.14. The molecule has 0 radical (unpaired) electrons. The summed E-state index contributed by atoms with van der Waals surface area (Å²) in [6, 6.07) is 11.5. The zero-order valence-corrected chi connectivity index (χ0v) is 15.4. The SMILES string of the molecule is O=C1C=C(c2ccccc2S(=O)(=O)c2ccccc2C2=CC(=O)NC2=O)C(=O)N1. The Kier molecular flexibility index (Phi) is 4.24. The number of hydrogen-bond acceptors (Lipinski definition) is 6. The molecule has 2 aromatic carbocycles. The first-order chi connectivity index (χ1) is 13.8. The number of amides is 4. The normalized spacial score (nSPS) is 16.4. The predicted molar refractivity (Wildman–Crippen MR) is 101 cm³/mol. The fourth-order valence-electron chi connectivity index (χ4n) is 3.19. The van der Waals surface area contributed by atoms with Crippen molar-refractivity contribution in [2.24, 2.45) is 0 Å². The first-order valence-corrected chi connectivity index (χ1v) is 9.85. The maximum Gasteiger partial charge on any atom is 0.258 e. The van der Waals surface area contributed by atoms with E-state index in [0.29, 0.717) is 0 Å². The highest BCUT2D eigenvalue weighted by atomic mass is 32.2. The molecular formula is C20H12N2O6S. The van der Waals surface area contributed by atoms with E-state index in [0.717, 1.165) is 12.2 Å². The molecule has 4 rings (SSSR count). The zero-order chi connectivity index (χ0) is 20.8. The van der Waals surface area contributed by atoms with Gasteiger partial charge in [0.2, 0.25) is 9.84 Å². The van der Waals surface area contributed by atoms with Crippen LogP contribution in [-0.2, 0) is 29.0 Å². The van der Waals surface area contributed by atoms with Gasteiger partial charge in [-0.1, -0.05) is 36.4 Å². The molecule has 29 heavy (non-hydrogen) atoms. The maximum atomic E-state index is 13.5. The molecule has 0 saturated heterocycles. The third-order valence-electron chi connectivity index (χ3n) is 4.45. The quantitative estimate of drug-likeness (QED) is 0.714. The van der Waals surface area contributed by atoms with E-state index >= 15 is 0 Å². The van der Waals surface area contributed by atoms with Crippen LogP contribution < -0.4 is 10.6 Å². The average Bonchev–Trinajstić information content (AvgIpc) is 3.21. The third-order valence-corrected chi connectivity index (χ3v) is 6.32. The first kappa shape index (κ1) is 18.5. The fourth-order valence-corrected chi connectivity index (χ4v) is 4.88. The number of hydrogen-bond donors (Lipinski definition) is 2. The number of sulfone groups is 1. The van der Waals surface area contributed by atoms with E-state index in [1.54, 1.807) is 12.1 Å². The average molecular weight is 408 g/mol. The van der Waals surface area contributed by atoms with Gasteiger partial charge in [0.1, 0.15) is 0 Å². The van der Waals surface area contributed by atoms with E-state index in [1.807, 2.05) is 0 Å². The fraction of sp³-hybridized carbons (Fsp3) is 0. The Morgan fingerprint density at radius 3 is 1.31 bits per heavy atom. The summed E-state index contributed by atoms with van der Waals surface area (Å²) in [5, 5.41) is 4.17. The van der Waals surface area contributed by atoms with Gasteiger partial charge in [0.25, 0.3) is 23.6 Å². The first-order valence-electron chi connectivity index (χ1n) is 8.37. The lowest BCUT2D eigenvalue weighted by Crippen LogP contribution is -2.22. The van der Waals surface area contributed by atoms with Crippen LogP contribution in [0, 0.1) is 0 Å². The minimum Gasteiger partial charge on any atom is -0.289 e. The predicted octanol–water partition coefficient (Wildman–Crippen LogP) is 0.599. The Balaban J connectivity index is 1.92. The smallest absolute Gasteiger partial charge is 0.258 e. The Bertz CT molecular complexity index is 1190. The molecule has 0 spiro atoms. The largest absolute Gasteiger partial charge is 0.289 e. The molecule has 0 aliphatic carbocycles. The monoisotopic (exact) mass is 408 g/mol. The molecule has 9 heteroatoms. The maximum absolute atomic E-state index is 13.5. The van der Waals surface area contributed by atoms with Gasteiger partial charge in [0.05, 0.1) is 20.9 Å². The highest BCUT2D eigenvalue weighted by Crippen LogP contribution is 2.34. The van der Waals surface area contributed by atoms with Crippen LogP contribution in [0.4, 0.5) is 0 Å². The minimum absolute atomic E-state index is 0.0617. The second-order valence-electron chi connectivity index (χ2n) is 6.25. The number of carbonyl (C=O) groups excluding carboxylic acids is 4. The molecule has 0 aromatic heterocycles. The van der Waals surface area contributed by atoms with Gasteiger partial charge in [-0.25, -0.2) is 8.42 Å². The molecule has 0 saturated carbocycles. The van der Waals surface area contributed by atoms with Crippen molar-refractivity contribution in [1.29, 1.82) is 0 Å². The van der Waals surface area contributed by atoms with Crippen LogP contribution in [0.3, 0.4) is 0 Å². The van der Waals surface area contributed by atoms with Crippen molar-refractivity contribution in [2.75, 3.05) is 0 Å². The molecule has 144 valence electrons. The van der Waals surface area contributed by atoms with Gasteiger partial charge in [-0.15, -0.1) is 0 Å². The van der Waals surface area contributed by atoms with Crippen LogP contribution in [0.15, 0.2) is 70.5 Å². The van der Waals surface area contributed by atoms with Crippen LogP contribution in [0.25, 0.3) is 11.1 Å². The molecule has 8 nitrogen and oxygen atoms in total. The van der Waals surface area contributed by atoms with Crippen LogP contribution in [0.1, 0.15) is 11.1 Å². The van der Waals surface area contributed by atoms with Crippen LogP contribution in [-0.4, -0.2) is 32.0 Å². The number of nitrogens with one attached hydrogen (secondary N) is 2. The molecule has 2 aliphatic heterocycles. The van der Waals surface area contributed by atoms with Gasteiger partial charge >= 0.3 is 0 Å². The lowest BCUT2D eigenvalue weighted by atomic mass is 10.1. The van der Waals surface area contributed by atoms with Crippen molar-refractivity contribution in [3.8, 4) is 0 Å². The summed E-state index contributed by atoms with van der Waals surface area (Å²) in [6.07, 6.45) is 2.07. The second kappa shape index (κ2) is 6.64. The standard InChI is InChI=1S/C20H12N2O6S/c23-17-9-13(19(25)21-17)11-5-1-3-7-15(11)29(27,28)16-8-4-2-6-12(16)14-10-18(24)22-20(14)26/h1-10H,(H,21,23,25)(H,22,24,26). The lowest BCUT2D eigenvalue weighted by Gasteiger charge is -2.14. The van der Waals surface area contributed by atoms with Crippen molar-refractivity contribution >= 4 is 44.6 Å². The van der Waals surface area contributed by atoms with Crippen molar-refractivity contribution in [3.63, 3.8) is 0 Å².